The van der Waals surface area contributed by atoms with Crippen LogP contribution in [0.15, 0.2) is 66.7 Å². The maximum absolute atomic E-state index is 3.45. The summed E-state index contributed by atoms with van der Waals surface area (Å²) in [7, 11) is 0. The number of benzene rings is 3. The molecule has 0 saturated heterocycles. The van der Waals surface area contributed by atoms with Crippen molar-refractivity contribution >= 4 is 5.69 Å². The molecule has 0 radical (unpaired) electrons. The fraction of sp³-hybridized carbons (Fsp3) is 0.182. The van der Waals surface area contributed by atoms with Gasteiger partial charge in [0, 0.05) is 11.7 Å². The molecule has 0 unspecified atom stereocenters. The van der Waals surface area contributed by atoms with Gasteiger partial charge in [-0.3, -0.25) is 0 Å². The van der Waals surface area contributed by atoms with Crippen molar-refractivity contribution in [2.75, 3.05) is 5.32 Å². The lowest BCUT2D eigenvalue weighted by Crippen LogP contribution is -2.09. The Hall–Kier alpha value is -2.54. The lowest BCUT2D eigenvalue weighted by molar-refractivity contribution is 0.900. The highest BCUT2D eigenvalue weighted by Crippen LogP contribution is 2.41. The summed E-state index contributed by atoms with van der Waals surface area (Å²) in [5.41, 5.74) is 9.51. The molecule has 1 heteroatoms. The zero-order valence-electron chi connectivity index (χ0n) is 13.6. The minimum absolute atomic E-state index is 0.455. The first-order valence-corrected chi connectivity index (χ1v) is 8.29. The van der Waals surface area contributed by atoms with Crippen LogP contribution < -0.4 is 5.32 Å². The van der Waals surface area contributed by atoms with Crippen LogP contribution in [0, 0.1) is 0 Å². The molecule has 0 bridgehead atoms. The predicted octanol–water partition coefficient (Wildman–Crippen LogP) is 5.75. The van der Waals surface area contributed by atoms with E-state index in [2.05, 4.69) is 85.9 Å². The second kappa shape index (κ2) is 5.58. The Labute approximate surface area is 138 Å². The van der Waals surface area contributed by atoms with Gasteiger partial charge in [-0.2, -0.15) is 0 Å². The van der Waals surface area contributed by atoms with Crippen LogP contribution in [0.5, 0.6) is 0 Å². The molecular formula is C22H21N. The Morgan fingerprint density at radius 2 is 1.43 bits per heavy atom. The van der Waals surface area contributed by atoms with Gasteiger partial charge in [-0.15, -0.1) is 0 Å². The molecule has 0 fully saturated rings. The van der Waals surface area contributed by atoms with E-state index < -0.39 is 0 Å². The Balaban J connectivity index is 1.74. The van der Waals surface area contributed by atoms with Gasteiger partial charge in [0.1, 0.15) is 0 Å². The molecule has 1 aliphatic rings. The quantitative estimate of drug-likeness (QED) is 0.508. The van der Waals surface area contributed by atoms with Crippen molar-refractivity contribution in [2.45, 2.75) is 26.3 Å². The van der Waals surface area contributed by atoms with Gasteiger partial charge in [0.05, 0.1) is 0 Å². The van der Waals surface area contributed by atoms with Gasteiger partial charge in [-0.1, -0.05) is 54.6 Å². The van der Waals surface area contributed by atoms with Gasteiger partial charge in [0.2, 0.25) is 0 Å². The van der Waals surface area contributed by atoms with E-state index in [1.54, 1.807) is 0 Å². The molecule has 23 heavy (non-hydrogen) atoms. The molecule has 1 aliphatic carbocycles. The zero-order valence-corrected chi connectivity index (χ0v) is 13.6. The summed E-state index contributed by atoms with van der Waals surface area (Å²) >= 11 is 0. The number of nitrogens with one attached hydrogen (secondary N) is 1. The molecule has 1 nitrogen and oxygen atoms in total. The van der Waals surface area contributed by atoms with Crippen LogP contribution in [0.3, 0.4) is 0 Å². The topological polar surface area (TPSA) is 12.0 Å². The van der Waals surface area contributed by atoms with E-state index in [0.717, 1.165) is 6.42 Å². The van der Waals surface area contributed by atoms with E-state index in [4.69, 9.17) is 0 Å². The maximum Gasteiger partial charge on any atom is 0.0342 e. The summed E-state index contributed by atoms with van der Waals surface area (Å²) in [5.74, 6) is 0. The summed E-state index contributed by atoms with van der Waals surface area (Å²) in [6.45, 7) is 4.32. The molecule has 0 atom stereocenters. The van der Waals surface area contributed by atoms with E-state index in [1.807, 2.05) is 0 Å². The highest BCUT2D eigenvalue weighted by Gasteiger charge is 2.20. The van der Waals surface area contributed by atoms with Crippen molar-refractivity contribution in [1.82, 2.24) is 0 Å². The third kappa shape index (κ3) is 2.53. The summed E-state index contributed by atoms with van der Waals surface area (Å²) in [4.78, 5) is 0. The van der Waals surface area contributed by atoms with Crippen LogP contribution >= 0.6 is 0 Å². The standard InChI is InChI=1S/C22H21N/c1-15(2)23-18-12-10-16(11-13-18)19-8-5-9-21-20-7-4-3-6-17(20)14-22(19)21/h3-13,15,23H,14H2,1-2H3. The molecule has 0 saturated carbocycles. The zero-order chi connectivity index (χ0) is 15.8. The van der Waals surface area contributed by atoms with Crippen LogP contribution in [-0.4, -0.2) is 6.04 Å². The molecule has 3 aromatic rings. The van der Waals surface area contributed by atoms with Gasteiger partial charge in [-0.05, 0) is 65.8 Å². The molecule has 0 aliphatic heterocycles. The highest BCUT2D eigenvalue weighted by atomic mass is 14.9. The molecule has 1 N–H and O–H groups in total. The van der Waals surface area contributed by atoms with Gasteiger partial charge in [-0.25, -0.2) is 0 Å². The van der Waals surface area contributed by atoms with Gasteiger partial charge in [0.25, 0.3) is 0 Å². The summed E-state index contributed by atoms with van der Waals surface area (Å²) in [6.07, 6.45) is 1.04. The van der Waals surface area contributed by atoms with Crippen LogP contribution in [-0.2, 0) is 6.42 Å². The Bertz CT molecular complexity index is 844. The average Bonchev–Trinajstić information content (AvgIpc) is 2.94. The van der Waals surface area contributed by atoms with Gasteiger partial charge < -0.3 is 5.32 Å². The number of hydrogen-bond acceptors (Lipinski definition) is 1. The minimum Gasteiger partial charge on any atom is -0.383 e. The minimum atomic E-state index is 0.455. The average molecular weight is 299 g/mol. The van der Waals surface area contributed by atoms with E-state index in [1.165, 1.54) is 39.1 Å². The first-order chi connectivity index (χ1) is 11.2. The number of hydrogen-bond donors (Lipinski definition) is 1. The molecule has 3 aromatic carbocycles. The molecule has 4 rings (SSSR count). The van der Waals surface area contributed by atoms with Crippen molar-refractivity contribution in [3.8, 4) is 22.3 Å². The fourth-order valence-corrected chi connectivity index (χ4v) is 3.51. The van der Waals surface area contributed by atoms with Crippen LogP contribution in [0.4, 0.5) is 5.69 Å². The lowest BCUT2D eigenvalue weighted by Gasteiger charge is -2.12. The Kier molecular flexibility index (Phi) is 3.42. The fourth-order valence-electron chi connectivity index (χ4n) is 3.51. The second-order valence-electron chi connectivity index (χ2n) is 6.54. The molecule has 0 heterocycles. The van der Waals surface area contributed by atoms with Crippen LogP contribution in [0.1, 0.15) is 25.0 Å². The molecule has 0 amide bonds. The molecule has 114 valence electrons. The highest BCUT2D eigenvalue weighted by molar-refractivity contribution is 5.85. The summed E-state index contributed by atoms with van der Waals surface area (Å²) in [6, 6.07) is 24.7. The number of fused-ring (bicyclic) bond motifs is 3. The van der Waals surface area contributed by atoms with Crippen LogP contribution in [0.2, 0.25) is 0 Å². The smallest absolute Gasteiger partial charge is 0.0342 e. The van der Waals surface area contributed by atoms with E-state index in [0.29, 0.717) is 6.04 Å². The maximum atomic E-state index is 3.45. The van der Waals surface area contributed by atoms with Crippen molar-refractivity contribution in [1.29, 1.82) is 0 Å². The van der Waals surface area contributed by atoms with Crippen molar-refractivity contribution < 1.29 is 0 Å². The number of rotatable bonds is 3. The Morgan fingerprint density at radius 3 is 2.22 bits per heavy atom. The monoisotopic (exact) mass is 299 g/mol. The van der Waals surface area contributed by atoms with Crippen molar-refractivity contribution in [3.63, 3.8) is 0 Å². The van der Waals surface area contributed by atoms with Crippen LogP contribution in [0.25, 0.3) is 22.3 Å². The van der Waals surface area contributed by atoms with Crippen molar-refractivity contribution in [2.24, 2.45) is 0 Å². The summed E-state index contributed by atoms with van der Waals surface area (Å²) < 4.78 is 0. The Morgan fingerprint density at radius 1 is 0.739 bits per heavy atom. The lowest BCUT2D eigenvalue weighted by atomic mass is 9.95. The first-order valence-electron chi connectivity index (χ1n) is 8.29. The number of anilines is 1. The first kappa shape index (κ1) is 14.1. The molecule has 0 aromatic heterocycles. The van der Waals surface area contributed by atoms with E-state index >= 15 is 0 Å². The SMILES string of the molecule is CC(C)Nc1ccc(-c2cccc3c2Cc2ccccc2-3)cc1. The largest absolute Gasteiger partial charge is 0.383 e. The predicted molar refractivity (Wildman–Crippen MR) is 98.9 cm³/mol. The third-order valence-electron chi connectivity index (χ3n) is 4.50. The second-order valence-corrected chi connectivity index (χ2v) is 6.54. The van der Waals surface area contributed by atoms with Gasteiger partial charge >= 0.3 is 0 Å². The third-order valence-corrected chi connectivity index (χ3v) is 4.50. The normalized spacial score (nSPS) is 12.1. The molecular weight excluding hydrogens is 278 g/mol. The van der Waals surface area contributed by atoms with Crippen molar-refractivity contribution in [3.05, 3.63) is 77.9 Å². The van der Waals surface area contributed by atoms with Gasteiger partial charge in [0.15, 0.2) is 0 Å². The summed E-state index contributed by atoms with van der Waals surface area (Å²) in [5, 5.41) is 3.45. The molecule has 0 spiro atoms. The van der Waals surface area contributed by atoms with E-state index in [9.17, 15) is 0 Å². The van der Waals surface area contributed by atoms with E-state index in [-0.39, 0.29) is 0 Å².